The molecule has 20 heavy (non-hydrogen) atoms. The molecule has 3 rings (SSSR count). The molecule has 0 unspecified atom stereocenters. The van der Waals surface area contributed by atoms with E-state index in [4.69, 9.17) is 10.5 Å². The van der Waals surface area contributed by atoms with Gasteiger partial charge >= 0.3 is 0 Å². The van der Waals surface area contributed by atoms with E-state index in [-0.39, 0.29) is 0 Å². The molecule has 0 radical (unpaired) electrons. The molecule has 0 saturated heterocycles. The summed E-state index contributed by atoms with van der Waals surface area (Å²) in [4.78, 5) is 4.38. The Morgan fingerprint density at radius 2 is 2.15 bits per heavy atom. The van der Waals surface area contributed by atoms with E-state index < -0.39 is 0 Å². The molecule has 0 amide bonds. The second-order valence-electron chi connectivity index (χ2n) is 3.99. The van der Waals surface area contributed by atoms with Crippen LogP contribution in [-0.2, 0) is 0 Å². The van der Waals surface area contributed by atoms with Gasteiger partial charge in [-0.15, -0.1) is 10.2 Å². The zero-order valence-electron chi connectivity index (χ0n) is 10.9. The summed E-state index contributed by atoms with van der Waals surface area (Å²) in [7, 11) is 0. The second kappa shape index (κ2) is 5.38. The van der Waals surface area contributed by atoms with E-state index in [0.717, 1.165) is 15.8 Å². The Balaban J connectivity index is 1.93. The molecule has 0 aliphatic rings. The minimum Gasteiger partial charge on any atom is -0.476 e. The van der Waals surface area contributed by atoms with Gasteiger partial charge < -0.3 is 10.5 Å². The molecule has 102 valence electrons. The van der Waals surface area contributed by atoms with Gasteiger partial charge in [-0.05, 0) is 43.0 Å². The highest BCUT2D eigenvalue weighted by atomic mass is 32.2. The van der Waals surface area contributed by atoms with Crippen LogP contribution >= 0.6 is 11.8 Å². The summed E-state index contributed by atoms with van der Waals surface area (Å²) < 4.78 is 7.30. The number of anilines is 1. The van der Waals surface area contributed by atoms with Crippen molar-refractivity contribution in [1.82, 2.24) is 19.6 Å². The van der Waals surface area contributed by atoms with Crippen LogP contribution in [0.5, 0.6) is 5.88 Å². The van der Waals surface area contributed by atoms with Gasteiger partial charge in [-0.25, -0.2) is 4.98 Å². The molecule has 6 nitrogen and oxygen atoms in total. The molecule has 0 fully saturated rings. The van der Waals surface area contributed by atoms with E-state index >= 15 is 0 Å². The van der Waals surface area contributed by atoms with Crippen LogP contribution in [0.25, 0.3) is 5.65 Å². The normalized spacial score (nSPS) is 10.8. The summed E-state index contributed by atoms with van der Waals surface area (Å²) in [5.41, 5.74) is 7.14. The number of hydrogen-bond donors (Lipinski definition) is 1. The Kier molecular flexibility index (Phi) is 3.42. The molecule has 7 heteroatoms. The Labute approximate surface area is 120 Å². The lowest BCUT2D eigenvalue weighted by atomic mass is 10.4. The smallest absolute Gasteiger partial charge is 0.238 e. The molecule has 0 atom stereocenters. The molecular formula is C13H13N5OS. The van der Waals surface area contributed by atoms with E-state index in [2.05, 4.69) is 15.2 Å². The average Bonchev–Trinajstić information content (AvgIpc) is 2.86. The van der Waals surface area contributed by atoms with Crippen molar-refractivity contribution in [3.8, 4) is 5.88 Å². The van der Waals surface area contributed by atoms with Crippen molar-refractivity contribution >= 4 is 23.1 Å². The lowest BCUT2D eigenvalue weighted by molar-refractivity contribution is 0.326. The Morgan fingerprint density at radius 3 is 3.00 bits per heavy atom. The highest BCUT2D eigenvalue weighted by Gasteiger charge is 2.10. The number of fused-ring (bicyclic) bond motifs is 1. The van der Waals surface area contributed by atoms with Crippen molar-refractivity contribution in [2.45, 2.75) is 17.1 Å². The molecular weight excluding hydrogens is 274 g/mol. The van der Waals surface area contributed by atoms with E-state index in [1.807, 2.05) is 41.8 Å². The first-order chi connectivity index (χ1) is 9.78. The molecule has 0 spiro atoms. The standard InChI is InChI=1S/C13H13N5OS/c1-2-19-12-9(14)6-7-11(15-12)20-13-17-16-10-5-3-4-8-18(10)13/h3-8H,2,14H2,1H3. The third-order valence-electron chi connectivity index (χ3n) is 2.62. The first kappa shape index (κ1) is 12.7. The van der Waals surface area contributed by atoms with Gasteiger partial charge in [-0.3, -0.25) is 4.40 Å². The van der Waals surface area contributed by atoms with Crippen molar-refractivity contribution in [3.05, 3.63) is 36.5 Å². The first-order valence-corrected chi connectivity index (χ1v) is 6.96. The number of rotatable bonds is 4. The van der Waals surface area contributed by atoms with Crippen LogP contribution in [0.3, 0.4) is 0 Å². The summed E-state index contributed by atoms with van der Waals surface area (Å²) in [5.74, 6) is 0.450. The van der Waals surface area contributed by atoms with Crippen molar-refractivity contribution in [2.24, 2.45) is 0 Å². The maximum Gasteiger partial charge on any atom is 0.238 e. The van der Waals surface area contributed by atoms with Crippen LogP contribution < -0.4 is 10.5 Å². The maximum atomic E-state index is 5.81. The minimum absolute atomic E-state index is 0.450. The summed E-state index contributed by atoms with van der Waals surface area (Å²) in [6.07, 6.45) is 1.92. The molecule has 0 aliphatic carbocycles. The number of nitrogens with two attached hydrogens (primary N) is 1. The average molecular weight is 287 g/mol. The fraction of sp³-hybridized carbons (Fsp3) is 0.154. The first-order valence-electron chi connectivity index (χ1n) is 6.15. The van der Waals surface area contributed by atoms with Gasteiger partial charge in [-0.1, -0.05) is 6.07 Å². The fourth-order valence-electron chi connectivity index (χ4n) is 1.73. The lowest BCUT2D eigenvalue weighted by Gasteiger charge is -2.06. The van der Waals surface area contributed by atoms with Crippen LogP contribution in [0.1, 0.15) is 6.92 Å². The van der Waals surface area contributed by atoms with Crippen LogP contribution in [0, 0.1) is 0 Å². The van der Waals surface area contributed by atoms with E-state index in [9.17, 15) is 0 Å². The Bertz CT molecular complexity index is 742. The van der Waals surface area contributed by atoms with Crippen molar-refractivity contribution < 1.29 is 4.74 Å². The second-order valence-corrected chi connectivity index (χ2v) is 4.98. The molecule has 0 aromatic carbocycles. The van der Waals surface area contributed by atoms with Gasteiger partial charge in [0.15, 0.2) is 5.65 Å². The quantitative estimate of drug-likeness (QED) is 0.793. The third-order valence-corrected chi connectivity index (χ3v) is 3.52. The highest BCUT2D eigenvalue weighted by molar-refractivity contribution is 7.99. The van der Waals surface area contributed by atoms with Gasteiger partial charge in [0.25, 0.3) is 0 Å². The zero-order chi connectivity index (χ0) is 13.9. The molecule has 0 aliphatic heterocycles. The van der Waals surface area contributed by atoms with Crippen LogP contribution in [-0.4, -0.2) is 26.2 Å². The fourth-order valence-corrected chi connectivity index (χ4v) is 2.51. The Hall–Kier alpha value is -2.28. The summed E-state index contributed by atoms with van der Waals surface area (Å²) in [6.45, 7) is 2.42. The Morgan fingerprint density at radius 1 is 1.25 bits per heavy atom. The van der Waals surface area contributed by atoms with Crippen molar-refractivity contribution in [1.29, 1.82) is 0 Å². The van der Waals surface area contributed by atoms with Gasteiger partial charge in [0.1, 0.15) is 5.03 Å². The molecule has 0 saturated carbocycles. The number of nitrogens with zero attached hydrogens (tertiary/aromatic N) is 4. The number of pyridine rings is 2. The van der Waals surface area contributed by atoms with Crippen LogP contribution in [0.15, 0.2) is 46.7 Å². The largest absolute Gasteiger partial charge is 0.476 e. The van der Waals surface area contributed by atoms with E-state index in [1.165, 1.54) is 11.8 Å². The molecule has 0 bridgehead atoms. The predicted octanol–water partition coefficient (Wildman–Crippen LogP) is 2.26. The third kappa shape index (κ3) is 2.39. The monoisotopic (exact) mass is 287 g/mol. The van der Waals surface area contributed by atoms with Crippen molar-refractivity contribution in [3.63, 3.8) is 0 Å². The molecule has 2 N–H and O–H groups in total. The predicted molar refractivity (Wildman–Crippen MR) is 76.9 cm³/mol. The van der Waals surface area contributed by atoms with Crippen molar-refractivity contribution in [2.75, 3.05) is 12.3 Å². The lowest BCUT2D eigenvalue weighted by Crippen LogP contribution is -2.00. The number of ether oxygens (including phenoxy) is 1. The minimum atomic E-state index is 0.450. The summed E-state index contributed by atoms with van der Waals surface area (Å²) in [5, 5.41) is 9.77. The summed E-state index contributed by atoms with van der Waals surface area (Å²) >= 11 is 1.42. The number of hydrogen-bond acceptors (Lipinski definition) is 6. The molecule has 3 aromatic rings. The maximum absolute atomic E-state index is 5.81. The zero-order valence-corrected chi connectivity index (χ0v) is 11.7. The van der Waals surface area contributed by atoms with Gasteiger partial charge in [0.05, 0.1) is 12.3 Å². The summed E-state index contributed by atoms with van der Waals surface area (Å²) in [6, 6.07) is 9.38. The molecule has 3 aromatic heterocycles. The van der Waals surface area contributed by atoms with Gasteiger partial charge in [0.2, 0.25) is 11.0 Å². The van der Waals surface area contributed by atoms with Crippen LogP contribution in [0.4, 0.5) is 5.69 Å². The number of aromatic nitrogens is 4. The topological polar surface area (TPSA) is 78.3 Å². The SMILES string of the molecule is CCOc1nc(Sc2nnc3ccccn23)ccc1N. The highest BCUT2D eigenvalue weighted by Crippen LogP contribution is 2.28. The van der Waals surface area contributed by atoms with E-state index in [1.54, 1.807) is 6.07 Å². The van der Waals surface area contributed by atoms with E-state index in [0.29, 0.717) is 18.2 Å². The number of nitrogen functional groups attached to an aromatic ring is 1. The van der Waals surface area contributed by atoms with Gasteiger partial charge in [-0.2, -0.15) is 0 Å². The molecule has 3 heterocycles. The van der Waals surface area contributed by atoms with Gasteiger partial charge in [0, 0.05) is 6.20 Å². The van der Waals surface area contributed by atoms with Crippen LogP contribution in [0.2, 0.25) is 0 Å².